The van der Waals surface area contributed by atoms with Gasteiger partial charge in [-0.15, -0.1) is 0 Å². The van der Waals surface area contributed by atoms with Gasteiger partial charge in [-0.05, 0) is 48.5 Å². The Balaban J connectivity index is 2.96. The van der Waals surface area contributed by atoms with Crippen LogP contribution in [0.15, 0.2) is 34.1 Å². The molecule has 0 heterocycles. The van der Waals surface area contributed by atoms with E-state index < -0.39 is 78.4 Å². The Bertz CT molecular complexity index is 1120. The van der Waals surface area contributed by atoms with Gasteiger partial charge in [0, 0.05) is 45.6 Å². The van der Waals surface area contributed by atoms with E-state index in [1.54, 1.807) is 20.8 Å². The van der Waals surface area contributed by atoms with E-state index in [9.17, 15) is 34.2 Å². The standard InChI is InChI=1S/C28H38O11/c1-13-21(33)11-22(34)19(12-36-15(3)29)9-23(35)20-10-24(37-16(4)30)14(2)25(28(20,7)8)27(39-18(6)32)26(13)38-17(5)31/h9,20-21,23-24,27,33,35H,10-12H2,1-8H3/b19-9-,26-13+/t20-,21+,23-,24-,27+/m0/s1. The van der Waals surface area contributed by atoms with Gasteiger partial charge in [0.25, 0.3) is 0 Å². The molecule has 0 aliphatic heterocycles. The van der Waals surface area contributed by atoms with Crippen LogP contribution in [0, 0.1) is 11.3 Å². The highest BCUT2D eigenvalue weighted by Crippen LogP contribution is 2.51. The number of rotatable bonds is 5. The molecule has 0 unspecified atom stereocenters. The normalized spacial score (nSPS) is 30.7. The summed E-state index contributed by atoms with van der Waals surface area (Å²) in [5.41, 5.74) is -0.0521. The van der Waals surface area contributed by atoms with E-state index in [0.717, 1.165) is 6.92 Å². The molecule has 0 fully saturated rings. The van der Waals surface area contributed by atoms with E-state index in [2.05, 4.69) is 0 Å². The van der Waals surface area contributed by atoms with E-state index in [1.807, 2.05) is 0 Å². The van der Waals surface area contributed by atoms with Crippen molar-refractivity contribution in [2.45, 2.75) is 92.6 Å². The number of carbonyl (C=O) groups is 5. The largest absolute Gasteiger partial charge is 0.461 e. The molecule has 2 aliphatic carbocycles. The third-order valence-corrected chi connectivity index (χ3v) is 7.18. The Morgan fingerprint density at radius 3 is 2.03 bits per heavy atom. The first-order valence-corrected chi connectivity index (χ1v) is 12.6. The third-order valence-electron chi connectivity index (χ3n) is 7.18. The van der Waals surface area contributed by atoms with Gasteiger partial charge < -0.3 is 29.2 Å². The molecule has 2 aliphatic rings. The van der Waals surface area contributed by atoms with Crippen molar-refractivity contribution < 1.29 is 53.1 Å². The first-order chi connectivity index (χ1) is 18.0. The molecule has 0 spiro atoms. The number of fused-ring (bicyclic) bond motifs is 2. The van der Waals surface area contributed by atoms with E-state index in [-0.39, 0.29) is 23.3 Å². The number of esters is 4. The Kier molecular flexibility index (Phi) is 10.4. The molecular formula is C28H38O11. The number of hydrogen-bond acceptors (Lipinski definition) is 11. The van der Waals surface area contributed by atoms with Crippen LogP contribution in [0.1, 0.15) is 68.2 Å². The number of Topliss-reactive ketones (excluding diaryl/α,β-unsaturated/α-hetero) is 1. The zero-order valence-corrected chi connectivity index (χ0v) is 23.7. The second-order valence-corrected chi connectivity index (χ2v) is 10.5. The van der Waals surface area contributed by atoms with Crippen molar-refractivity contribution in [2.75, 3.05) is 6.61 Å². The average molecular weight is 551 g/mol. The van der Waals surface area contributed by atoms with Gasteiger partial charge in [0.2, 0.25) is 0 Å². The molecule has 0 radical (unpaired) electrons. The molecule has 0 aromatic heterocycles. The minimum atomic E-state index is -1.49. The fourth-order valence-electron chi connectivity index (χ4n) is 5.28. The lowest BCUT2D eigenvalue weighted by atomic mass is 9.60. The van der Waals surface area contributed by atoms with Crippen molar-refractivity contribution in [1.29, 1.82) is 0 Å². The van der Waals surface area contributed by atoms with Gasteiger partial charge in [-0.2, -0.15) is 0 Å². The van der Waals surface area contributed by atoms with Crippen molar-refractivity contribution in [3.63, 3.8) is 0 Å². The molecule has 216 valence electrons. The Morgan fingerprint density at radius 1 is 0.923 bits per heavy atom. The minimum absolute atomic E-state index is 0.0386. The Labute approximate surface area is 227 Å². The summed E-state index contributed by atoms with van der Waals surface area (Å²) in [5, 5.41) is 22.5. The van der Waals surface area contributed by atoms with Crippen molar-refractivity contribution >= 4 is 29.7 Å². The predicted molar refractivity (Wildman–Crippen MR) is 137 cm³/mol. The second kappa shape index (κ2) is 12.7. The summed E-state index contributed by atoms with van der Waals surface area (Å²) in [7, 11) is 0. The topological polar surface area (TPSA) is 163 Å². The van der Waals surface area contributed by atoms with Crippen LogP contribution in [0.4, 0.5) is 0 Å². The monoisotopic (exact) mass is 550 g/mol. The number of ketones is 1. The molecule has 5 atom stereocenters. The van der Waals surface area contributed by atoms with Gasteiger partial charge in [-0.25, -0.2) is 0 Å². The maximum atomic E-state index is 13.2. The highest BCUT2D eigenvalue weighted by atomic mass is 16.6. The minimum Gasteiger partial charge on any atom is -0.461 e. The molecule has 2 N–H and O–H groups in total. The molecule has 11 nitrogen and oxygen atoms in total. The van der Waals surface area contributed by atoms with Crippen molar-refractivity contribution in [2.24, 2.45) is 11.3 Å². The van der Waals surface area contributed by atoms with Crippen LogP contribution in [0.3, 0.4) is 0 Å². The first-order valence-electron chi connectivity index (χ1n) is 12.6. The van der Waals surface area contributed by atoms with E-state index in [0.29, 0.717) is 11.1 Å². The van der Waals surface area contributed by atoms with Gasteiger partial charge in [-0.3, -0.25) is 24.0 Å². The Morgan fingerprint density at radius 2 is 1.51 bits per heavy atom. The van der Waals surface area contributed by atoms with Crippen LogP contribution >= 0.6 is 0 Å². The van der Waals surface area contributed by atoms with Gasteiger partial charge in [0.05, 0.1) is 12.2 Å². The number of aliphatic hydroxyl groups excluding tert-OH is 2. The smallest absolute Gasteiger partial charge is 0.307 e. The highest BCUT2D eigenvalue weighted by Gasteiger charge is 2.50. The number of carbonyl (C=O) groups excluding carboxylic acids is 5. The fourth-order valence-corrected chi connectivity index (χ4v) is 5.28. The number of hydrogen-bond donors (Lipinski definition) is 2. The fraction of sp³-hybridized carbons (Fsp3) is 0.607. The quantitative estimate of drug-likeness (QED) is 0.293. The van der Waals surface area contributed by atoms with Crippen LogP contribution < -0.4 is 0 Å². The third kappa shape index (κ3) is 7.63. The molecule has 0 aromatic carbocycles. The van der Waals surface area contributed by atoms with Gasteiger partial charge >= 0.3 is 23.9 Å². The molecular weight excluding hydrogens is 512 g/mol. The van der Waals surface area contributed by atoms with Crippen LogP contribution in [0.2, 0.25) is 0 Å². The molecule has 0 saturated carbocycles. The molecule has 2 bridgehead atoms. The summed E-state index contributed by atoms with van der Waals surface area (Å²) in [6, 6.07) is 0. The number of aliphatic hydroxyl groups is 2. The zero-order valence-electron chi connectivity index (χ0n) is 23.7. The summed E-state index contributed by atoms with van der Waals surface area (Å²) >= 11 is 0. The lowest BCUT2D eigenvalue weighted by Crippen LogP contribution is -2.48. The van der Waals surface area contributed by atoms with E-state index >= 15 is 0 Å². The maximum absolute atomic E-state index is 13.2. The molecule has 0 saturated heterocycles. The molecule has 39 heavy (non-hydrogen) atoms. The van der Waals surface area contributed by atoms with Gasteiger partial charge in [-0.1, -0.05) is 13.8 Å². The lowest BCUT2D eigenvalue weighted by Gasteiger charge is -2.48. The van der Waals surface area contributed by atoms with Crippen LogP contribution in [-0.2, 0) is 42.9 Å². The van der Waals surface area contributed by atoms with Crippen LogP contribution in [0.25, 0.3) is 0 Å². The summed E-state index contributed by atoms with van der Waals surface area (Å²) < 4.78 is 21.8. The van der Waals surface area contributed by atoms with Gasteiger partial charge in [0.15, 0.2) is 17.6 Å². The average Bonchev–Trinajstić information content (AvgIpc) is 2.79. The summed E-state index contributed by atoms with van der Waals surface area (Å²) in [6.45, 7) is 11.0. The van der Waals surface area contributed by atoms with Crippen molar-refractivity contribution in [3.05, 3.63) is 34.1 Å². The molecule has 0 amide bonds. The number of ether oxygens (including phenoxy) is 4. The SMILES string of the molecule is CC(=O)OC/C1=C/[C@H](O)[C@@H]2C[C@H](OC(C)=O)C(C)=C([C@@H](OC(C)=O)/C(OC(C)=O)=C(/C)[C@H](O)CC1=O)C2(C)C. The molecule has 2 rings (SSSR count). The Hall–Kier alpha value is -3.31. The highest BCUT2D eigenvalue weighted by molar-refractivity contribution is 5.96. The van der Waals surface area contributed by atoms with E-state index in [1.165, 1.54) is 33.8 Å². The molecule has 0 aromatic rings. The van der Waals surface area contributed by atoms with Crippen LogP contribution in [0.5, 0.6) is 0 Å². The van der Waals surface area contributed by atoms with Crippen LogP contribution in [-0.4, -0.2) is 70.9 Å². The summed E-state index contributed by atoms with van der Waals surface area (Å²) in [5.74, 6) is -4.23. The van der Waals surface area contributed by atoms with E-state index in [4.69, 9.17) is 18.9 Å². The second-order valence-electron chi connectivity index (χ2n) is 10.5. The van der Waals surface area contributed by atoms with Gasteiger partial charge in [0.1, 0.15) is 12.7 Å². The first kappa shape index (κ1) is 31.9. The van der Waals surface area contributed by atoms with Crippen molar-refractivity contribution in [3.8, 4) is 0 Å². The lowest BCUT2D eigenvalue weighted by molar-refractivity contribution is -0.151. The summed E-state index contributed by atoms with van der Waals surface area (Å²) in [4.78, 5) is 61.2. The predicted octanol–water partition coefficient (Wildman–Crippen LogP) is 2.23. The maximum Gasteiger partial charge on any atom is 0.307 e. The summed E-state index contributed by atoms with van der Waals surface area (Å²) in [6.07, 6.45) is -4.07. The van der Waals surface area contributed by atoms with Crippen molar-refractivity contribution in [1.82, 2.24) is 0 Å². The molecule has 11 heteroatoms. The zero-order chi connectivity index (χ0) is 29.8.